The Labute approximate surface area is 83.7 Å². The van der Waals surface area contributed by atoms with E-state index in [9.17, 15) is 0 Å². The average molecular weight is 232 g/mol. The fourth-order valence-electron chi connectivity index (χ4n) is 1.88. The summed E-state index contributed by atoms with van der Waals surface area (Å²) in [7, 11) is 0. The van der Waals surface area contributed by atoms with Crippen LogP contribution in [0.4, 0.5) is 0 Å². The van der Waals surface area contributed by atoms with Crippen molar-refractivity contribution in [2.45, 2.75) is 20.3 Å². The molecule has 0 bridgehead atoms. The highest BCUT2D eigenvalue weighted by molar-refractivity contribution is 9.09. The van der Waals surface area contributed by atoms with Crippen LogP contribution in [0, 0.1) is 11.8 Å². The molecule has 2 heteroatoms. The van der Waals surface area contributed by atoms with Crippen LogP contribution in [0.1, 0.15) is 20.3 Å². The van der Waals surface area contributed by atoms with Gasteiger partial charge >= 0.3 is 0 Å². The molecule has 1 aliphatic rings. The molecule has 0 aromatic carbocycles. The number of nitrogens with one attached hydrogen (secondary N) is 1. The Balaban J connectivity index is 2.58. The van der Waals surface area contributed by atoms with Crippen molar-refractivity contribution in [1.29, 1.82) is 0 Å². The molecule has 12 heavy (non-hydrogen) atoms. The molecular formula is C10H18BrN. The first-order chi connectivity index (χ1) is 5.79. The molecule has 0 spiro atoms. The minimum absolute atomic E-state index is 0.753. The maximum absolute atomic E-state index is 3.54. The molecule has 1 saturated heterocycles. The first-order valence-corrected chi connectivity index (χ1v) is 5.83. The van der Waals surface area contributed by atoms with Crippen LogP contribution in [-0.4, -0.2) is 18.4 Å². The van der Waals surface area contributed by atoms with Gasteiger partial charge in [-0.1, -0.05) is 34.5 Å². The Morgan fingerprint density at radius 2 is 2.42 bits per heavy atom. The predicted octanol–water partition coefficient (Wildman–Crippen LogP) is 2.57. The topological polar surface area (TPSA) is 12.0 Å². The summed E-state index contributed by atoms with van der Waals surface area (Å²) in [6, 6.07) is 0. The van der Waals surface area contributed by atoms with Gasteiger partial charge in [-0.25, -0.2) is 0 Å². The minimum atomic E-state index is 0.753. The zero-order valence-corrected chi connectivity index (χ0v) is 9.52. The summed E-state index contributed by atoms with van der Waals surface area (Å²) in [4.78, 5) is 0. The van der Waals surface area contributed by atoms with Crippen LogP contribution < -0.4 is 5.32 Å². The second-order valence-corrected chi connectivity index (χ2v) is 4.13. The highest BCUT2D eigenvalue weighted by atomic mass is 79.9. The molecule has 2 atom stereocenters. The van der Waals surface area contributed by atoms with Crippen molar-refractivity contribution >= 4 is 15.9 Å². The lowest BCUT2D eigenvalue weighted by molar-refractivity contribution is 0.312. The van der Waals surface area contributed by atoms with Gasteiger partial charge in [-0.15, -0.1) is 0 Å². The molecule has 0 aromatic rings. The summed E-state index contributed by atoms with van der Waals surface area (Å²) in [6.45, 7) is 6.85. The normalized spacial score (nSPS) is 32.1. The molecule has 1 rings (SSSR count). The SMILES string of the molecule is CC=C(CBr)C1CNCCC1C. The van der Waals surface area contributed by atoms with Gasteiger partial charge in [0.1, 0.15) is 0 Å². The molecule has 1 nitrogen and oxygen atoms in total. The van der Waals surface area contributed by atoms with E-state index in [4.69, 9.17) is 0 Å². The zero-order chi connectivity index (χ0) is 8.97. The van der Waals surface area contributed by atoms with Crippen LogP contribution >= 0.6 is 15.9 Å². The molecule has 1 N–H and O–H groups in total. The number of alkyl halides is 1. The van der Waals surface area contributed by atoms with Crippen molar-refractivity contribution in [3.05, 3.63) is 11.6 Å². The van der Waals surface area contributed by atoms with Crippen molar-refractivity contribution in [2.75, 3.05) is 18.4 Å². The molecule has 0 aliphatic carbocycles. The Morgan fingerprint density at radius 3 is 2.92 bits per heavy atom. The van der Waals surface area contributed by atoms with Gasteiger partial charge in [0, 0.05) is 11.9 Å². The fraction of sp³-hybridized carbons (Fsp3) is 0.800. The van der Waals surface area contributed by atoms with Gasteiger partial charge in [-0.3, -0.25) is 0 Å². The number of allylic oxidation sites excluding steroid dienone is 1. The Bertz CT molecular complexity index is 165. The molecule has 1 heterocycles. The van der Waals surface area contributed by atoms with Crippen molar-refractivity contribution in [3.8, 4) is 0 Å². The van der Waals surface area contributed by atoms with Crippen molar-refractivity contribution < 1.29 is 0 Å². The molecule has 0 saturated carbocycles. The number of hydrogen-bond donors (Lipinski definition) is 1. The van der Waals surface area contributed by atoms with Gasteiger partial charge in [-0.2, -0.15) is 0 Å². The standard InChI is InChI=1S/C10H18BrN/c1-3-9(6-11)10-7-12-5-4-8(10)2/h3,8,10,12H,4-7H2,1-2H3. The van der Waals surface area contributed by atoms with Gasteiger partial charge in [0.15, 0.2) is 0 Å². The van der Waals surface area contributed by atoms with Crippen molar-refractivity contribution in [1.82, 2.24) is 5.32 Å². The smallest absolute Gasteiger partial charge is 0.0245 e. The number of piperidine rings is 1. The quantitative estimate of drug-likeness (QED) is 0.570. The fourth-order valence-corrected chi connectivity index (χ4v) is 2.62. The van der Waals surface area contributed by atoms with E-state index in [1.807, 2.05) is 0 Å². The second-order valence-electron chi connectivity index (χ2n) is 3.57. The van der Waals surface area contributed by atoms with Crippen LogP contribution in [0.2, 0.25) is 0 Å². The Hall–Kier alpha value is 0.180. The summed E-state index contributed by atoms with van der Waals surface area (Å²) in [5, 5.41) is 4.48. The maximum Gasteiger partial charge on any atom is 0.0245 e. The third-order valence-corrected chi connectivity index (χ3v) is 3.48. The first kappa shape index (κ1) is 10.3. The lowest BCUT2D eigenvalue weighted by Gasteiger charge is -2.31. The van der Waals surface area contributed by atoms with Gasteiger partial charge in [0.05, 0.1) is 0 Å². The van der Waals surface area contributed by atoms with E-state index < -0.39 is 0 Å². The molecule has 0 radical (unpaired) electrons. The van der Waals surface area contributed by atoms with E-state index in [1.165, 1.54) is 13.0 Å². The van der Waals surface area contributed by atoms with Gasteiger partial charge < -0.3 is 5.32 Å². The third kappa shape index (κ3) is 2.33. The van der Waals surface area contributed by atoms with E-state index >= 15 is 0 Å². The highest BCUT2D eigenvalue weighted by Crippen LogP contribution is 2.26. The lowest BCUT2D eigenvalue weighted by Crippen LogP contribution is -2.36. The number of hydrogen-bond acceptors (Lipinski definition) is 1. The van der Waals surface area contributed by atoms with E-state index in [0.29, 0.717) is 0 Å². The number of rotatable bonds is 2. The second kappa shape index (κ2) is 5.03. The average Bonchev–Trinajstić information content (AvgIpc) is 2.10. The largest absolute Gasteiger partial charge is 0.316 e. The Morgan fingerprint density at radius 1 is 1.67 bits per heavy atom. The van der Waals surface area contributed by atoms with Crippen molar-refractivity contribution in [2.24, 2.45) is 11.8 Å². The maximum atomic E-state index is 3.54. The van der Waals surface area contributed by atoms with Crippen LogP contribution in [0.15, 0.2) is 11.6 Å². The molecule has 0 amide bonds. The summed E-state index contributed by atoms with van der Waals surface area (Å²) in [5.74, 6) is 1.60. The van der Waals surface area contributed by atoms with E-state index in [2.05, 4.69) is 41.2 Å². The summed E-state index contributed by atoms with van der Waals surface area (Å²) in [6.07, 6.45) is 3.57. The van der Waals surface area contributed by atoms with Crippen LogP contribution in [0.25, 0.3) is 0 Å². The van der Waals surface area contributed by atoms with Crippen LogP contribution in [0.3, 0.4) is 0 Å². The highest BCUT2D eigenvalue weighted by Gasteiger charge is 2.22. The number of halogens is 1. The van der Waals surface area contributed by atoms with E-state index in [-0.39, 0.29) is 0 Å². The molecule has 2 unspecified atom stereocenters. The lowest BCUT2D eigenvalue weighted by atomic mass is 9.83. The predicted molar refractivity (Wildman–Crippen MR) is 57.7 cm³/mol. The van der Waals surface area contributed by atoms with Crippen molar-refractivity contribution in [3.63, 3.8) is 0 Å². The zero-order valence-electron chi connectivity index (χ0n) is 7.94. The summed E-state index contributed by atoms with van der Waals surface area (Å²) < 4.78 is 0. The van der Waals surface area contributed by atoms with Gasteiger partial charge in [0.2, 0.25) is 0 Å². The van der Waals surface area contributed by atoms with E-state index in [1.54, 1.807) is 5.57 Å². The van der Waals surface area contributed by atoms with Gasteiger partial charge in [0.25, 0.3) is 0 Å². The molecule has 70 valence electrons. The molecule has 1 aliphatic heterocycles. The van der Waals surface area contributed by atoms with Crippen LogP contribution in [-0.2, 0) is 0 Å². The minimum Gasteiger partial charge on any atom is -0.316 e. The third-order valence-electron chi connectivity index (χ3n) is 2.83. The van der Waals surface area contributed by atoms with Gasteiger partial charge in [-0.05, 0) is 31.7 Å². The summed E-state index contributed by atoms with van der Waals surface area (Å²) in [5.41, 5.74) is 1.55. The molecule has 0 aromatic heterocycles. The van der Waals surface area contributed by atoms with E-state index in [0.717, 1.165) is 23.7 Å². The monoisotopic (exact) mass is 231 g/mol. The molecule has 1 fully saturated rings. The summed E-state index contributed by atoms with van der Waals surface area (Å²) >= 11 is 3.54. The van der Waals surface area contributed by atoms with Crippen LogP contribution in [0.5, 0.6) is 0 Å². The molecular weight excluding hydrogens is 214 g/mol. The first-order valence-electron chi connectivity index (χ1n) is 4.71. The Kier molecular flexibility index (Phi) is 4.30.